The molecule has 0 spiro atoms. The second-order valence-corrected chi connectivity index (χ2v) is 10.7. The summed E-state index contributed by atoms with van der Waals surface area (Å²) in [6.07, 6.45) is -7.65. The molecule has 0 aromatic heterocycles. The summed E-state index contributed by atoms with van der Waals surface area (Å²) in [6.45, 7) is 1.03. The van der Waals surface area contributed by atoms with Gasteiger partial charge in [-0.3, -0.25) is 14.5 Å². The molecule has 0 saturated carbocycles. The topological polar surface area (TPSA) is 94.2 Å². The fraction of sp³-hybridized carbons (Fsp3) is 0.550. The predicted octanol–water partition coefficient (Wildman–Crippen LogP) is 2.94. The summed E-state index contributed by atoms with van der Waals surface area (Å²) in [7, 11) is 0. The van der Waals surface area contributed by atoms with Crippen LogP contribution >= 0.6 is 34.8 Å². The van der Waals surface area contributed by atoms with Crippen molar-refractivity contribution in [2.75, 3.05) is 42.5 Å². The number of halogens is 7. The second-order valence-electron chi connectivity index (χ2n) is 8.33. The van der Waals surface area contributed by atoms with E-state index in [1.165, 1.54) is 16.7 Å². The molecule has 3 amide bonds. The number of carbonyl (C=O) groups is 3. The van der Waals surface area contributed by atoms with Crippen LogP contribution in [0.5, 0.6) is 0 Å². The van der Waals surface area contributed by atoms with E-state index in [4.69, 9.17) is 39.5 Å². The van der Waals surface area contributed by atoms with Crippen molar-refractivity contribution in [2.45, 2.75) is 35.0 Å². The van der Waals surface area contributed by atoms with Gasteiger partial charge < -0.3 is 20.3 Å². The molecule has 200 valence electrons. The SMILES string of the molecule is CC1(F)CN(c2ccc(N3CC(CNC(=O)C(F)(F)F)OC3=O)cc2)CCN1C(NC=O)C(Cl)(Cl)Cl. The zero-order valence-electron chi connectivity index (χ0n) is 18.7. The molecule has 2 aliphatic rings. The van der Waals surface area contributed by atoms with E-state index in [0.29, 0.717) is 24.3 Å². The molecule has 9 nitrogen and oxygen atoms in total. The number of benzene rings is 1. The number of ether oxygens (including phenoxy) is 1. The highest BCUT2D eigenvalue weighted by Crippen LogP contribution is 2.38. The van der Waals surface area contributed by atoms with Crippen molar-refractivity contribution in [3.8, 4) is 0 Å². The lowest BCUT2D eigenvalue weighted by molar-refractivity contribution is -0.173. The molecule has 2 saturated heterocycles. The van der Waals surface area contributed by atoms with Gasteiger partial charge in [0.25, 0.3) is 0 Å². The lowest BCUT2D eigenvalue weighted by Gasteiger charge is -2.49. The maximum absolute atomic E-state index is 15.6. The number of piperazine rings is 1. The van der Waals surface area contributed by atoms with Gasteiger partial charge in [0.2, 0.25) is 10.2 Å². The van der Waals surface area contributed by atoms with Crippen molar-refractivity contribution in [2.24, 2.45) is 0 Å². The van der Waals surface area contributed by atoms with Gasteiger partial charge in [-0.25, -0.2) is 14.1 Å². The first-order valence-electron chi connectivity index (χ1n) is 10.5. The monoisotopic (exact) mass is 577 g/mol. The number of anilines is 2. The zero-order chi connectivity index (χ0) is 26.9. The maximum Gasteiger partial charge on any atom is 0.471 e. The molecule has 2 heterocycles. The molecule has 3 rings (SSSR count). The van der Waals surface area contributed by atoms with Crippen LogP contribution in [0.4, 0.5) is 33.7 Å². The van der Waals surface area contributed by atoms with Crippen molar-refractivity contribution in [1.82, 2.24) is 15.5 Å². The molecular weight excluding hydrogens is 557 g/mol. The van der Waals surface area contributed by atoms with Crippen LogP contribution in [0.25, 0.3) is 0 Å². The van der Waals surface area contributed by atoms with Gasteiger partial charge >= 0.3 is 18.2 Å². The molecule has 1 aromatic carbocycles. The minimum Gasteiger partial charge on any atom is -0.442 e. The van der Waals surface area contributed by atoms with Crippen molar-refractivity contribution in [3.63, 3.8) is 0 Å². The highest BCUT2D eigenvalue weighted by Gasteiger charge is 2.48. The van der Waals surface area contributed by atoms with Crippen molar-refractivity contribution >= 4 is 64.6 Å². The van der Waals surface area contributed by atoms with E-state index in [1.54, 1.807) is 34.5 Å². The number of amides is 3. The molecule has 0 radical (unpaired) electrons. The number of rotatable bonds is 7. The van der Waals surface area contributed by atoms with Crippen molar-refractivity contribution in [1.29, 1.82) is 0 Å². The Morgan fingerprint density at radius 1 is 1.22 bits per heavy atom. The summed E-state index contributed by atoms with van der Waals surface area (Å²) < 4.78 is 55.6. The van der Waals surface area contributed by atoms with E-state index in [2.05, 4.69) is 5.32 Å². The minimum absolute atomic E-state index is 0.0698. The van der Waals surface area contributed by atoms with Crippen LogP contribution in [-0.2, 0) is 14.3 Å². The number of cyclic esters (lactones) is 1. The van der Waals surface area contributed by atoms with E-state index in [0.717, 1.165) is 0 Å². The molecule has 2 fully saturated rings. The standard InChI is InChI=1S/C20H22Cl3F4N5O4/c1-18(24)10-30(6-7-32(18)15(29-11-33)19(21,22)23)12-2-4-13(5-3-12)31-9-14(36-17(31)35)8-28-16(34)20(25,26)27/h2-5,11,14-15H,6-10H2,1H3,(H,28,34)(H,29,33). The molecule has 16 heteroatoms. The summed E-state index contributed by atoms with van der Waals surface area (Å²) in [5.41, 5.74) is 1.03. The average Bonchev–Trinajstić information content (AvgIpc) is 3.14. The minimum atomic E-state index is -5.04. The number of hydrogen-bond donors (Lipinski definition) is 2. The Hall–Kier alpha value is -2.22. The van der Waals surface area contributed by atoms with Crippen LogP contribution in [0, 0.1) is 0 Å². The quantitative estimate of drug-likeness (QED) is 0.224. The molecular formula is C20H22Cl3F4N5O4. The molecule has 0 aliphatic carbocycles. The average molecular weight is 579 g/mol. The van der Waals surface area contributed by atoms with Gasteiger partial charge in [0.15, 0.2) is 5.79 Å². The predicted molar refractivity (Wildman–Crippen MR) is 125 cm³/mol. The molecule has 36 heavy (non-hydrogen) atoms. The van der Waals surface area contributed by atoms with Crippen LogP contribution in [-0.4, -0.2) is 84.1 Å². The van der Waals surface area contributed by atoms with E-state index in [9.17, 15) is 27.6 Å². The van der Waals surface area contributed by atoms with E-state index >= 15 is 4.39 Å². The Balaban J connectivity index is 1.63. The number of carbonyl (C=O) groups excluding carboxylic acids is 3. The van der Waals surface area contributed by atoms with E-state index < -0.39 is 46.6 Å². The Kier molecular flexibility index (Phi) is 8.38. The summed E-state index contributed by atoms with van der Waals surface area (Å²) in [5, 5.41) is 4.02. The first-order chi connectivity index (χ1) is 16.6. The van der Waals surface area contributed by atoms with E-state index in [-0.39, 0.29) is 19.6 Å². The van der Waals surface area contributed by atoms with Gasteiger partial charge in [-0.15, -0.1) is 0 Å². The zero-order valence-corrected chi connectivity index (χ0v) is 21.0. The number of nitrogens with zero attached hydrogens (tertiary/aromatic N) is 3. The second kappa shape index (κ2) is 10.6. The summed E-state index contributed by atoms with van der Waals surface area (Å²) in [6, 6.07) is 6.44. The van der Waals surface area contributed by atoms with Crippen molar-refractivity contribution in [3.05, 3.63) is 24.3 Å². The lowest BCUT2D eigenvalue weighted by Crippen LogP contribution is -2.67. The van der Waals surface area contributed by atoms with Crippen LogP contribution in [0.15, 0.2) is 24.3 Å². The number of alkyl halides is 7. The summed E-state index contributed by atoms with van der Waals surface area (Å²) >= 11 is 17.8. The largest absolute Gasteiger partial charge is 0.471 e. The van der Waals surface area contributed by atoms with Gasteiger partial charge in [-0.2, -0.15) is 13.2 Å². The lowest BCUT2D eigenvalue weighted by atomic mass is 10.1. The molecule has 1 aromatic rings. The third-order valence-corrected chi connectivity index (χ3v) is 6.31. The van der Waals surface area contributed by atoms with Crippen LogP contribution < -0.4 is 20.4 Å². The van der Waals surface area contributed by atoms with Crippen LogP contribution in [0.1, 0.15) is 6.92 Å². The van der Waals surface area contributed by atoms with Gasteiger partial charge in [0.1, 0.15) is 12.3 Å². The Morgan fingerprint density at radius 3 is 2.36 bits per heavy atom. The first kappa shape index (κ1) is 28.4. The molecule has 3 unspecified atom stereocenters. The highest BCUT2D eigenvalue weighted by molar-refractivity contribution is 6.68. The molecule has 2 aliphatic heterocycles. The molecule has 3 atom stereocenters. The maximum atomic E-state index is 15.6. The van der Waals surface area contributed by atoms with Crippen LogP contribution in [0.3, 0.4) is 0 Å². The van der Waals surface area contributed by atoms with Gasteiger partial charge in [0, 0.05) is 24.5 Å². The smallest absolute Gasteiger partial charge is 0.442 e. The Bertz CT molecular complexity index is 978. The van der Waals surface area contributed by atoms with Gasteiger partial charge in [0.05, 0.1) is 19.6 Å². The Labute approximate surface area is 218 Å². The van der Waals surface area contributed by atoms with Crippen LogP contribution in [0.2, 0.25) is 0 Å². The van der Waals surface area contributed by atoms with Gasteiger partial charge in [-0.05, 0) is 31.2 Å². The Morgan fingerprint density at radius 2 is 1.83 bits per heavy atom. The normalized spacial score (nSPS) is 24.3. The number of nitrogens with one attached hydrogen (secondary N) is 2. The number of hydrogen-bond acceptors (Lipinski definition) is 6. The van der Waals surface area contributed by atoms with E-state index in [1.807, 2.05) is 0 Å². The summed E-state index contributed by atoms with van der Waals surface area (Å²) in [4.78, 5) is 38.3. The first-order valence-corrected chi connectivity index (χ1v) is 11.7. The molecule has 0 bridgehead atoms. The van der Waals surface area contributed by atoms with Crippen molar-refractivity contribution < 1.29 is 36.7 Å². The highest BCUT2D eigenvalue weighted by atomic mass is 35.6. The fourth-order valence-electron chi connectivity index (χ4n) is 4.01. The molecule has 2 N–H and O–H groups in total. The fourth-order valence-corrected chi connectivity index (χ4v) is 4.56. The summed E-state index contributed by atoms with van der Waals surface area (Å²) in [5.74, 6) is -4.11. The third kappa shape index (κ3) is 6.55. The third-order valence-electron chi connectivity index (χ3n) is 5.69. The van der Waals surface area contributed by atoms with Gasteiger partial charge in [-0.1, -0.05) is 34.8 Å².